The summed E-state index contributed by atoms with van der Waals surface area (Å²) in [5, 5.41) is 6.36. The molecule has 0 unspecified atom stereocenters. The molecule has 2 heterocycles. The summed E-state index contributed by atoms with van der Waals surface area (Å²) >= 11 is 7.05. The Morgan fingerprint density at radius 1 is 1.44 bits per heavy atom. The molecule has 0 saturated carbocycles. The van der Waals surface area contributed by atoms with Crippen LogP contribution in [0.15, 0.2) is 31.9 Å². The van der Waals surface area contributed by atoms with Crippen LogP contribution in [-0.4, -0.2) is 22.6 Å². The Labute approximate surface area is 111 Å². The van der Waals surface area contributed by atoms with Crippen LogP contribution in [0.4, 0.5) is 0 Å². The van der Waals surface area contributed by atoms with E-state index in [0.29, 0.717) is 19.5 Å². The Kier molecular flexibility index (Phi) is 2.38. The molecule has 6 nitrogen and oxygen atoms in total. The number of hydrogen-bond acceptors (Lipinski definition) is 5. The summed E-state index contributed by atoms with van der Waals surface area (Å²) in [5.41, 5.74) is -0.129. The van der Waals surface area contributed by atoms with E-state index in [-0.39, 0.29) is 10.1 Å². The summed E-state index contributed by atoms with van der Waals surface area (Å²) in [6, 6.07) is 3.03. The molecule has 9 heteroatoms. The van der Waals surface area contributed by atoms with Crippen molar-refractivity contribution in [3.05, 3.63) is 33.2 Å². The zero-order valence-corrected chi connectivity index (χ0v) is 11.4. The van der Waals surface area contributed by atoms with E-state index in [1.165, 1.54) is 6.07 Å². The normalized spacial score (nSPS) is 16.1. The van der Waals surface area contributed by atoms with Crippen molar-refractivity contribution < 1.29 is 8.42 Å². The van der Waals surface area contributed by atoms with Crippen LogP contribution >= 0.6 is 23.4 Å². The van der Waals surface area contributed by atoms with Crippen molar-refractivity contribution in [3.63, 3.8) is 0 Å². The van der Waals surface area contributed by atoms with Gasteiger partial charge < -0.3 is 0 Å². The lowest BCUT2D eigenvalue weighted by atomic mass is 10.2. The fraction of sp³-hybridized carbons (Fsp3) is 0.111. The van der Waals surface area contributed by atoms with E-state index in [1.54, 1.807) is 13.0 Å². The van der Waals surface area contributed by atoms with Gasteiger partial charge in [-0.25, -0.2) is 18.3 Å². The summed E-state index contributed by atoms with van der Waals surface area (Å²) in [7, 11) is -3.90. The van der Waals surface area contributed by atoms with Crippen molar-refractivity contribution in [3.8, 4) is 0 Å². The summed E-state index contributed by atoms with van der Waals surface area (Å²) < 4.78 is 25.2. The lowest BCUT2D eigenvalue weighted by Crippen LogP contribution is -2.28. The second-order valence-electron chi connectivity index (χ2n) is 3.73. The number of aromatic amines is 1. The van der Waals surface area contributed by atoms with E-state index in [9.17, 15) is 13.2 Å². The van der Waals surface area contributed by atoms with Gasteiger partial charge in [-0.15, -0.1) is 5.10 Å². The number of benzene rings is 1. The number of aryl methyl sites for hydroxylation is 1. The van der Waals surface area contributed by atoms with Crippen LogP contribution < -0.4 is 5.69 Å². The highest BCUT2D eigenvalue weighted by molar-refractivity contribution is 8.01. The first kappa shape index (κ1) is 11.8. The van der Waals surface area contributed by atoms with Crippen LogP contribution in [0.3, 0.4) is 0 Å². The number of nitrogens with zero attached hydrogens (tertiary/aromatic N) is 2. The van der Waals surface area contributed by atoms with E-state index in [4.69, 9.17) is 11.6 Å². The number of hydrogen-bond donors (Lipinski definition) is 1. The third-order valence-electron chi connectivity index (χ3n) is 2.55. The van der Waals surface area contributed by atoms with Crippen molar-refractivity contribution in [2.45, 2.75) is 21.9 Å². The lowest BCUT2D eigenvalue weighted by Gasteiger charge is -2.17. The molecule has 0 amide bonds. The van der Waals surface area contributed by atoms with Crippen LogP contribution in [0, 0.1) is 6.92 Å². The highest BCUT2D eigenvalue weighted by Crippen LogP contribution is 2.40. The maximum Gasteiger partial charge on any atom is 0.358 e. The summed E-state index contributed by atoms with van der Waals surface area (Å²) in [6.45, 7) is 1.70. The van der Waals surface area contributed by atoms with Crippen molar-refractivity contribution in [1.29, 1.82) is 0 Å². The predicted molar refractivity (Wildman–Crippen MR) is 65.7 cm³/mol. The number of halogens is 1. The lowest BCUT2D eigenvalue weighted by molar-refractivity contribution is 0.576. The van der Waals surface area contributed by atoms with E-state index in [2.05, 4.69) is 10.2 Å². The first-order valence-corrected chi connectivity index (χ1v) is 7.46. The number of rotatable bonds is 0. The number of aromatic nitrogens is 3. The molecule has 94 valence electrons. The quantitative estimate of drug-likeness (QED) is 0.675. The Hall–Kier alpha value is -1.25. The minimum Gasteiger partial charge on any atom is -0.245 e. The minimum absolute atomic E-state index is 0.0744. The topological polar surface area (TPSA) is 84.8 Å². The maximum absolute atomic E-state index is 12.3. The average molecular weight is 304 g/mol. The van der Waals surface area contributed by atoms with Gasteiger partial charge in [0.1, 0.15) is 4.90 Å². The first-order chi connectivity index (χ1) is 8.41. The highest BCUT2D eigenvalue weighted by atomic mass is 35.5. The van der Waals surface area contributed by atoms with E-state index >= 15 is 0 Å². The van der Waals surface area contributed by atoms with Gasteiger partial charge in [-0.1, -0.05) is 11.6 Å². The van der Waals surface area contributed by atoms with Crippen LogP contribution in [0.2, 0.25) is 5.02 Å². The Morgan fingerprint density at radius 3 is 2.89 bits per heavy atom. The molecule has 3 rings (SSSR count). The van der Waals surface area contributed by atoms with Crippen LogP contribution in [0.25, 0.3) is 0 Å². The molecular weight excluding hydrogens is 298 g/mol. The molecule has 0 bridgehead atoms. The third kappa shape index (κ3) is 1.46. The number of fused-ring (bicyclic) bond motifs is 2. The van der Waals surface area contributed by atoms with Gasteiger partial charge in [-0.3, -0.25) is 0 Å². The average Bonchev–Trinajstić information content (AvgIpc) is 2.64. The van der Waals surface area contributed by atoms with Crippen molar-refractivity contribution >= 4 is 33.4 Å². The fourth-order valence-corrected chi connectivity index (χ4v) is 4.87. The fourth-order valence-electron chi connectivity index (χ4n) is 1.66. The number of H-pyrrole nitrogens is 1. The predicted octanol–water partition coefficient (Wildman–Crippen LogP) is 1.23. The van der Waals surface area contributed by atoms with Gasteiger partial charge in [-0.2, -0.15) is 3.97 Å². The minimum atomic E-state index is -3.90. The van der Waals surface area contributed by atoms with Crippen LogP contribution in [0.5, 0.6) is 0 Å². The van der Waals surface area contributed by atoms with E-state index in [0.717, 1.165) is 11.8 Å². The zero-order chi connectivity index (χ0) is 13.1. The molecule has 1 aromatic heterocycles. The largest absolute Gasteiger partial charge is 0.358 e. The highest BCUT2D eigenvalue weighted by Gasteiger charge is 2.33. The molecule has 0 fully saturated rings. The van der Waals surface area contributed by atoms with E-state index < -0.39 is 15.7 Å². The molecule has 0 radical (unpaired) electrons. The van der Waals surface area contributed by atoms with Crippen LogP contribution in [0.1, 0.15) is 5.56 Å². The summed E-state index contributed by atoms with van der Waals surface area (Å²) in [5.74, 6) is 0. The Balaban J connectivity index is 2.41. The molecule has 0 saturated heterocycles. The Bertz CT molecular complexity index is 822. The van der Waals surface area contributed by atoms with E-state index in [1.807, 2.05) is 0 Å². The van der Waals surface area contributed by atoms with Crippen molar-refractivity contribution in [1.82, 2.24) is 14.2 Å². The molecular formula is C9H6ClN3O3S2. The smallest absolute Gasteiger partial charge is 0.245 e. The second-order valence-corrected chi connectivity index (χ2v) is 6.90. The molecule has 18 heavy (non-hydrogen) atoms. The van der Waals surface area contributed by atoms with Gasteiger partial charge in [0, 0.05) is 9.92 Å². The zero-order valence-electron chi connectivity index (χ0n) is 8.97. The van der Waals surface area contributed by atoms with Crippen molar-refractivity contribution in [2.24, 2.45) is 0 Å². The van der Waals surface area contributed by atoms with Crippen molar-refractivity contribution in [2.75, 3.05) is 0 Å². The van der Waals surface area contributed by atoms with Gasteiger partial charge in [-0.05, 0) is 36.4 Å². The monoisotopic (exact) mass is 303 g/mol. The van der Waals surface area contributed by atoms with Gasteiger partial charge in [0.15, 0.2) is 0 Å². The summed E-state index contributed by atoms with van der Waals surface area (Å²) in [4.78, 5) is 12.0. The molecule has 1 aromatic carbocycles. The number of nitrogens with one attached hydrogen (secondary N) is 1. The second kappa shape index (κ2) is 3.62. The molecule has 0 aliphatic carbocycles. The Morgan fingerprint density at radius 2 is 2.17 bits per heavy atom. The molecule has 2 aromatic rings. The first-order valence-electron chi connectivity index (χ1n) is 4.82. The molecule has 0 spiro atoms. The molecule has 1 aliphatic rings. The third-order valence-corrected chi connectivity index (χ3v) is 5.93. The summed E-state index contributed by atoms with van der Waals surface area (Å²) in [6.07, 6.45) is 0. The molecule has 1 N–H and O–H groups in total. The molecule has 0 atom stereocenters. The van der Waals surface area contributed by atoms with Gasteiger partial charge in [0.05, 0.1) is 0 Å². The maximum atomic E-state index is 12.3. The SMILES string of the molecule is Cc1cc2c(cc1Cl)Sc1n[nH]c(=O)n1S2(=O)=O. The van der Waals surface area contributed by atoms with Gasteiger partial charge >= 0.3 is 5.69 Å². The van der Waals surface area contributed by atoms with Gasteiger partial charge in [0.2, 0.25) is 5.16 Å². The van der Waals surface area contributed by atoms with Crippen LogP contribution in [-0.2, 0) is 10.0 Å². The molecule has 1 aliphatic heterocycles. The standard InChI is InChI=1S/C9H6ClN3O3S2/c1-4-2-7-6(3-5(4)10)17-9-12-11-8(14)13(9)18(7,15)16/h2-3H,1H3,(H,11,14). The van der Waals surface area contributed by atoms with Gasteiger partial charge in [0.25, 0.3) is 10.0 Å².